The predicted molar refractivity (Wildman–Crippen MR) is 67.9 cm³/mol. The second-order valence-electron chi connectivity index (χ2n) is 3.74. The van der Waals surface area contributed by atoms with E-state index >= 15 is 0 Å². The van der Waals surface area contributed by atoms with Crippen LogP contribution in [0.1, 0.15) is 5.56 Å². The number of benzene rings is 1. The fourth-order valence-corrected chi connectivity index (χ4v) is 1.82. The van der Waals surface area contributed by atoms with E-state index < -0.39 is 0 Å². The van der Waals surface area contributed by atoms with Gasteiger partial charge >= 0.3 is 0 Å². The quantitative estimate of drug-likeness (QED) is 0.724. The van der Waals surface area contributed by atoms with Crippen LogP contribution >= 0.6 is 12.2 Å². The van der Waals surface area contributed by atoms with Crippen molar-refractivity contribution in [3.05, 3.63) is 52.8 Å². The summed E-state index contributed by atoms with van der Waals surface area (Å²) in [4.78, 5) is 1.54. The minimum atomic E-state index is 0.445. The lowest BCUT2D eigenvalue weighted by Gasteiger charge is -1.98. The van der Waals surface area contributed by atoms with Gasteiger partial charge in [0.05, 0.1) is 6.54 Å². The Morgan fingerprint density at radius 3 is 2.72 bits per heavy atom. The van der Waals surface area contributed by atoms with Gasteiger partial charge in [0.15, 0.2) is 0 Å². The normalized spacial score (nSPS) is 10.7. The van der Waals surface area contributed by atoms with E-state index in [1.165, 1.54) is 4.80 Å². The molecule has 1 aromatic carbocycles. The molecular formula is C11H10N6S. The maximum absolute atomic E-state index is 5.12. The van der Waals surface area contributed by atoms with E-state index in [0.29, 0.717) is 17.1 Å². The molecule has 3 aromatic rings. The minimum absolute atomic E-state index is 0.445. The molecule has 0 atom stereocenters. The van der Waals surface area contributed by atoms with Gasteiger partial charge in [-0.2, -0.15) is 4.80 Å². The molecule has 2 heterocycles. The van der Waals surface area contributed by atoms with Crippen LogP contribution in [0.3, 0.4) is 0 Å². The molecule has 0 aliphatic carbocycles. The van der Waals surface area contributed by atoms with Gasteiger partial charge in [-0.1, -0.05) is 47.6 Å². The van der Waals surface area contributed by atoms with E-state index in [1.54, 1.807) is 16.9 Å². The first-order chi connectivity index (χ1) is 8.83. The van der Waals surface area contributed by atoms with Crippen molar-refractivity contribution in [2.75, 3.05) is 0 Å². The first-order valence-electron chi connectivity index (χ1n) is 5.41. The zero-order valence-electron chi connectivity index (χ0n) is 9.39. The lowest BCUT2D eigenvalue weighted by molar-refractivity contribution is 0.570. The van der Waals surface area contributed by atoms with Crippen LogP contribution in [0.2, 0.25) is 0 Å². The zero-order valence-corrected chi connectivity index (χ0v) is 10.2. The maximum atomic E-state index is 5.12. The Kier molecular flexibility index (Phi) is 2.73. The molecule has 0 radical (unpaired) electrons. The highest BCUT2D eigenvalue weighted by Gasteiger charge is 2.06. The average molecular weight is 258 g/mol. The summed E-state index contributed by atoms with van der Waals surface area (Å²) in [5, 5.41) is 15.2. The van der Waals surface area contributed by atoms with Gasteiger partial charge in [0.1, 0.15) is 4.64 Å². The zero-order chi connectivity index (χ0) is 12.4. The molecular weight excluding hydrogens is 248 g/mol. The number of hydrogen-bond acceptors (Lipinski definition) is 4. The Balaban J connectivity index is 1.87. The van der Waals surface area contributed by atoms with Crippen molar-refractivity contribution < 1.29 is 0 Å². The van der Waals surface area contributed by atoms with E-state index in [1.807, 2.05) is 30.3 Å². The van der Waals surface area contributed by atoms with Crippen LogP contribution in [-0.2, 0) is 6.54 Å². The molecule has 0 aliphatic rings. The number of aromatic nitrogens is 6. The fourth-order valence-electron chi connectivity index (χ4n) is 1.62. The van der Waals surface area contributed by atoms with Crippen LogP contribution in [-0.4, -0.2) is 30.0 Å². The molecule has 0 fully saturated rings. The second kappa shape index (κ2) is 4.53. The van der Waals surface area contributed by atoms with E-state index in [4.69, 9.17) is 12.2 Å². The number of rotatable bonds is 3. The van der Waals surface area contributed by atoms with Crippen LogP contribution in [0.4, 0.5) is 0 Å². The predicted octanol–water partition coefficient (Wildman–Crippen LogP) is 1.57. The summed E-state index contributed by atoms with van der Waals surface area (Å²) in [5.41, 5.74) is 1.12. The smallest absolute Gasteiger partial charge is 0.289 e. The summed E-state index contributed by atoms with van der Waals surface area (Å²) in [7, 11) is 0. The topological polar surface area (TPSA) is 64.3 Å². The Bertz CT molecular complexity index is 695. The number of hydrogen-bond donors (Lipinski definition) is 1. The van der Waals surface area contributed by atoms with Gasteiger partial charge in [-0.15, -0.1) is 5.10 Å². The first kappa shape index (κ1) is 10.8. The van der Waals surface area contributed by atoms with Crippen molar-refractivity contribution in [3.8, 4) is 5.95 Å². The molecule has 1 N–H and O–H groups in total. The van der Waals surface area contributed by atoms with Gasteiger partial charge in [0, 0.05) is 6.20 Å². The molecule has 0 amide bonds. The standard InChI is InChI=1S/C11H10N6S/c18-10-6-7-12-17(10)11-13-15-16(14-11)8-9-4-2-1-3-5-9/h1-7,12H,8H2. The van der Waals surface area contributed by atoms with E-state index in [9.17, 15) is 0 Å². The molecule has 6 nitrogen and oxygen atoms in total. The highest BCUT2D eigenvalue weighted by molar-refractivity contribution is 7.71. The van der Waals surface area contributed by atoms with Crippen molar-refractivity contribution in [1.82, 2.24) is 30.0 Å². The summed E-state index contributed by atoms with van der Waals surface area (Å²) in [6, 6.07) is 11.7. The highest BCUT2D eigenvalue weighted by atomic mass is 32.1. The molecule has 0 spiro atoms. The molecule has 18 heavy (non-hydrogen) atoms. The third-order valence-electron chi connectivity index (χ3n) is 2.46. The van der Waals surface area contributed by atoms with Gasteiger partial charge in [-0.3, -0.25) is 5.10 Å². The molecule has 0 saturated heterocycles. The number of tetrazole rings is 1. The van der Waals surface area contributed by atoms with Crippen molar-refractivity contribution in [1.29, 1.82) is 0 Å². The number of H-pyrrole nitrogens is 1. The third kappa shape index (κ3) is 2.07. The van der Waals surface area contributed by atoms with E-state index in [-0.39, 0.29) is 0 Å². The van der Waals surface area contributed by atoms with Gasteiger partial charge < -0.3 is 0 Å². The molecule has 3 rings (SSSR count). The lowest BCUT2D eigenvalue weighted by Crippen LogP contribution is -2.05. The monoisotopic (exact) mass is 258 g/mol. The largest absolute Gasteiger partial charge is 0.298 e. The summed E-state index contributed by atoms with van der Waals surface area (Å²) < 4.78 is 2.22. The van der Waals surface area contributed by atoms with Crippen LogP contribution < -0.4 is 0 Å². The van der Waals surface area contributed by atoms with Gasteiger partial charge in [-0.05, 0) is 16.8 Å². The average Bonchev–Trinajstić information content (AvgIpc) is 2.99. The molecule has 0 aliphatic heterocycles. The number of nitrogens with zero attached hydrogens (tertiary/aromatic N) is 5. The summed E-state index contributed by atoms with van der Waals surface area (Å²) in [6.07, 6.45) is 1.74. The fraction of sp³-hybridized carbons (Fsp3) is 0.0909. The van der Waals surface area contributed by atoms with E-state index in [2.05, 4.69) is 20.5 Å². The van der Waals surface area contributed by atoms with Gasteiger partial charge in [0.25, 0.3) is 5.95 Å². The Morgan fingerprint density at radius 1 is 1.17 bits per heavy atom. The van der Waals surface area contributed by atoms with Gasteiger partial charge in [0.2, 0.25) is 0 Å². The molecule has 7 heteroatoms. The summed E-state index contributed by atoms with van der Waals surface area (Å²) in [5.74, 6) is 0.445. The molecule has 2 aromatic heterocycles. The lowest BCUT2D eigenvalue weighted by atomic mass is 10.2. The Hall–Kier alpha value is -2.28. The Morgan fingerprint density at radius 2 is 2.00 bits per heavy atom. The maximum Gasteiger partial charge on any atom is 0.289 e. The van der Waals surface area contributed by atoms with Crippen LogP contribution in [0.15, 0.2) is 42.6 Å². The van der Waals surface area contributed by atoms with Crippen molar-refractivity contribution >= 4 is 12.2 Å². The second-order valence-corrected chi connectivity index (χ2v) is 4.16. The SMILES string of the molecule is S=c1cc[nH]n1-c1nnn(Cc2ccccc2)n1. The van der Waals surface area contributed by atoms with Crippen molar-refractivity contribution in [2.24, 2.45) is 0 Å². The van der Waals surface area contributed by atoms with Crippen molar-refractivity contribution in [2.45, 2.75) is 6.54 Å². The molecule has 90 valence electrons. The first-order valence-corrected chi connectivity index (χ1v) is 5.82. The summed E-state index contributed by atoms with van der Waals surface area (Å²) >= 11 is 5.12. The van der Waals surface area contributed by atoms with Crippen LogP contribution in [0, 0.1) is 4.64 Å². The van der Waals surface area contributed by atoms with Crippen LogP contribution in [0.25, 0.3) is 5.95 Å². The van der Waals surface area contributed by atoms with Crippen LogP contribution in [0.5, 0.6) is 0 Å². The molecule has 0 saturated carbocycles. The van der Waals surface area contributed by atoms with E-state index in [0.717, 1.165) is 5.56 Å². The van der Waals surface area contributed by atoms with Gasteiger partial charge in [-0.25, -0.2) is 4.68 Å². The number of aromatic amines is 1. The number of nitrogens with one attached hydrogen (secondary N) is 1. The highest BCUT2D eigenvalue weighted by Crippen LogP contribution is 2.02. The summed E-state index contributed by atoms with van der Waals surface area (Å²) in [6.45, 7) is 0.585. The molecule has 0 bridgehead atoms. The Labute approximate surface area is 108 Å². The third-order valence-corrected chi connectivity index (χ3v) is 2.78. The van der Waals surface area contributed by atoms with Crippen molar-refractivity contribution in [3.63, 3.8) is 0 Å². The molecule has 0 unspecified atom stereocenters. The minimum Gasteiger partial charge on any atom is -0.298 e.